The predicted molar refractivity (Wildman–Crippen MR) is 116 cm³/mol. The van der Waals surface area contributed by atoms with Crippen molar-refractivity contribution in [1.29, 1.82) is 0 Å². The van der Waals surface area contributed by atoms with Gasteiger partial charge in [0.2, 0.25) is 0 Å². The zero-order valence-corrected chi connectivity index (χ0v) is 18.3. The Morgan fingerprint density at radius 3 is 2.47 bits per heavy atom. The van der Waals surface area contributed by atoms with Gasteiger partial charge in [0.05, 0.1) is 19.3 Å². The molecule has 0 saturated carbocycles. The molecule has 4 aromatic rings. The zero-order valence-electron chi connectivity index (χ0n) is 16.7. The van der Waals surface area contributed by atoms with E-state index in [1.165, 1.54) is 10.8 Å². The lowest BCUT2D eigenvalue weighted by Crippen LogP contribution is -2.39. The van der Waals surface area contributed by atoms with Gasteiger partial charge in [0.25, 0.3) is 5.56 Å². The quantitative estimate of drug-likeness (QED) is 0.424. The van der Waals surface area contributed by atoms with Gasteiger partial charge in [-0.05, 0) is 17.7 Å². The maximum Gasteiger partial charge on any atom is 0.332 e. The number of benzene rings is 1. The van der Waals surface area contributed by atoms with Crippen LogP contribution in [0, 0.1) is 0 Å². The average molecular weight is 446 g/mol. The number of hydrogen-bond donors (Lipinski definition) is 0. The van der Waals surface area contributed by atoms with Gasteiger partial charge in [-0.15, -0.1) is 0 Å². The fourth-order valence-corrected chi connectivity index (χ4v) is 4.16. The van der Waals surface area contributed by atoms with Gasteiger partial charge in [-0.3, -0.25) is 13.9 Å². The standard InChI is InChI=1S/C20H20ClN5O3S/c1-12(2)30-19-23-17-16(25(19)10-13-4-6-14(21)7-5-13)18(27)26(20(28)24(17)3)11-15-8-9-22-29-15/h4-9,12H,10-11H2,1-3H3. The molecule has 30 heavy (non-hydrogen) atoms. The molecular formula is C20H20ClN5O3S. The van der Waals surface area contributed by atoms with Crippen molar-refractivity contribution in [3.63, 3.8) is 0 Å². The van der Waals surface area contributed by atoms with Gasteiger partial charge in [0, 0.05) is 23.4 Å². The monoisotopic (exact) mass is 445 g/mol. The first-order valence-corrected chi connectivity index (χ1v) is 10.6. The van der Waals surface area contributed by atoms with Crippen LogP contribution in [0.25, 0.3) is 11.2 Å². The van der Waals surface area contributed by atoms with E-state index >= 15 is 0 Å². The second kappa shape index (κ2) is 8.16. The summed E-state index contributed by atoms with van der Waals surface area (Å²) >= 11 is 7.55. The fourth-order valence-electron chi connectivity index (χ4n) is 3.19. The van der Waals surface area contributed by atoms with Crippen molar-refractivity contribution in [3.05, 3.63) is 73.7 Å². The molecule has 0 fully saturated rings. The molecule has 0 N–H and O–H groups in total. The van der Waals surface area contributed by atoms with Gasteiger partial charge in [-0.2, -0.15) is 0 Å². The van der Waals surface area contributed by atoms with Gasteiger partial charge in [0.15, 0.2) is 22.1 Å². The summed E-state index contributed by atoms with van der Waals surface area (Å²) < 4.78 is 9.50. The molecule has 0 unspecified atom stereocenters. The number of rotatable bonds is 6. The van der Waals surface area contributed by atoms with Gasteiger partial charge in [-0.1, -0.05) is 54.5 Å². The maximum absolute atomic E-state index is 13.4. The van der Waals surface area contributed by atoms with E-state index in [2.05, 4.69) is 24.0 Å². The summed E-state index contributed by atoms with van der Waals surface area (Å²) in [6.45, 7) is 4.54. The normalized spacial score (nSPS) is 11.6. The molecule has 1 aromatic carbocycles. The Morgan fingerprint density at radius 2 is 1.83 bits per heavy atom. The Morgan fingerprint density at radius 1 is 1.10 bits per heavy atom. The van der Waals surface area contributed by atoms with Gasteiger partial charge in [-0.25, -0.2) is 9.78 Å². The van der Waals surface area contributed by atoms with Crippen LogP contribution in [-0.4, -0.2) is 29.1 Å². The molecule has 0 aliphatic rings. The number of thioether (sulfide) groups is 1. The second-order valence-corrected chi connectivity index (χ2v) is 9.14. The number of nitrogens with zero attached hydrogens (tertiary/aromatic N) is 5. The first kappa shape index (κ1) is 20.5. The van der Waals surface area contributed by atoms with E-state index in [-0.39, 0.29) is 11.8 Å². The number of aryl methyl sites for hydroxylation is 1. The van der Waals surface area contributed by atoms with E-state index in [1.54, 1.807) is 24.9 Å². The molecule has 0 aliphatic heterocycles. The van der Waals surface area contributed by atoms with Crippen LogP contribution in [0.1, 0.15) is 25.2 Å². The van der Waals surface area contributed by atoms with Crippen molar-refractivity contribution in [3.8, 4) is 0 Å². The SMILES string of the molecule is CC(C)Sc1nc2c(c(=O)n(Cc3ccno3)c(=O)n2C)n1Cc1ccc(Cl)cc1. The molecule has 8 nitrogen and oxygen atoms in total. The molecular weight excluding hydrogens is 426 g/mol. The van der Waals surface area contributed by atoms with E-state index < -0.39 is 11.2 Å². The van der Waals surface area contributed by atoms with Crippen LogP contribution in [0.15, 0.2) is 55.8 Å². The Bertz CT molecular complexity index is 1300. The summed E-state index contributed by atoms with van der Waals surface area (Å²) in [6.07, 6.45) is 1.48. The summed E-state index contributed by atoms with van der Waals surface area (Å²) in [5, 5.41) is 5.22. The largest absolute Gasteiger partial charge is 0.359 e. The van der Waals surface area contributed by atoms with Crippen LogP contribution in [0.5, 0.6) is 0 Å². The van der Waals surface area contributed by atoms with Crippen molar-refractivity contribution in [2.24, 2.45) is 7.05 Å². The molecule has 0 atom stereocenters. The maximum atomic E-state index is 13.4. The van der Waals surface area contributed by atoms with E-state index in [1.807, 2.05) is 28.8 Å². The number of halogens is 1. The molecule has 0 radical (unpaired) electrons. The fraction of sp³-hybridized carbons (Fsp3) is 0.300. The Balaban J connectivity index is 1.94. The van der Waals surface area contributed by atoms with E-state index in [0.717, 1.165) is 10.1 Å². The predicted octanol–water partition coefficient (Wildman–Crippen LogP) is 3.14. The summed E-state index contributed by atoms with van der Waals surface area (Å²) in [7, 11) is 1.62. The van der Waals surface area contributed by atoms with Gasteiger partial charge >= 0.3 is 5.69 Å². The topological polar surface area (TPSA) is 87.9 Å². The number of imidazole rings is 1. The number of fused-ring (bicyclic) bond motifs is 1. The molecule has 156 valence electrons. The number of aromatic nitrogens is 5. The average Bonchev–Trinajstić information content (AvgIpc) is 3.33. The van der Waals surface area contributed by atoms with Crippen molar-refractivity contribution in [2.45, 2.75) is 37.3 Å². The van der Waals surface area contributed by atoms with Crippen LogP contribution in [0.3, 0.4) is 0 Å². The molecule has 0 saturated heterocycles. The van der Waals surface area contributed by atoms with Crippen LogP contribution in [0.4, 0.5) is 0 Å². The smallest absolute Gasteiger partial charge is 0.332 e. The third kappa shape index (κ3) is 3.82. The summed E-state index contributed by atoms with van der Waals surface area (Å²) in [5.41, 5.74) is 0.827. The van der Waals surface area contributed by atoms with Gasteiger partial charge in [0.1, 0.15) is 0 Å². The van der Waals surface area contributed by atoms with Crippen molar-refractivity contribution < 1.29 is 4.52 Å². The number of hydrogen-bond acceptors (Lipinski definition) is 6. The molecule has 0 spiro atoms. The molecule has 3 heterocycles. The van der Waals surface area contributed by atoms with E-state index in [0.29, 0.717) is 33.6 Å². The minimum absolute atomic E-state index is 0.000227. The molecule has 0 aliphatic carbocycles. The highest BCUT2D eigenvalue weighted by molar-refractivity contribution is 7.99. The third-order valence-corrected chi connectivity index (χ3v) is 5.84. The van der Waals surface area contributed by atoms with Crippen LogP contribution in [-0.2, 0) is 20.1 Å². The van der Waals surface area contributed by atoms with Crippen molar-refractivity contribution >= 4 is 34.5 Å². The molecule has 0 amide bonds. The highest BCUT2D eigenvalue weighted by atomic mass is 35.5. The minimum atomic E-state index is -0.457. The first-order chi connectivity index (χ1) is 14.3. The Labute approximate surface area is 181 Å². The molecule has 4 rings (SSSR count). The highest BCUT2D eigenvalue weighted by Gasteiger charge is 2.22. The van der Waals surface area contributed by atoms with Crippen LogP contribution in [0.2, 0.25) is 5.02 Å². The summed E-state index contributed by atoms with van der Waals surface area (Å²) in [5.74, 6) is 0.425. The Hall–Kier alpha value is -2.78. The Kier molecular flexibility index (Phi) is 5.57. The minimum Gasteiger partial charge on any atom is -0.359 e. The lowest BCUT2D eigenvalue weighted by Gasteiger charge is -2.11. The molecule has 10 heteroatoms. The van der Waals surface area contributed by atoms with Crippen molar-refractivity contribution in [2.75, 3.05) is 0 Å². The van der Waals surface area contributed by atoms with Gasteiger partial charge < -0.3 is 9.09 Å². The van der Waals surface area contributed by atoms with Crippen LogP contribution >= 0.6 is 23.4 Å². The summed E-state index contributed by atoms with van der Waals surface area (Å²) in [4.78, 5) is 30.9. The first-order valence-electron chi connectivity index (χ1n) is 9.36. The lowest BCUT2D eigenvalue weighted by molar-refractivity contribution is 0.372. The lowest BCUT2D eigenvalue weighted by atomic mass is 10.2. The molecule has 0 bridgehead atoms. The van der Waals surface area contributed by atoms with Crippen molar-refractivity contribution in [1.82, 2.24) is 23.8 Å². The molecule has 3 aromatic heterocycles. The third-order valence-electron chi connectivity index (χ3n) is 4.60. The summed E-state index contributed by atoms with van der Waals surface area (Å²) in [6, 6.07) is 9.06. The zero-order chi connectivity index (χ0) is 21.4. The van der Waals surface area contributed by atoms with E-state index in [9.17, 15) is 9.59 Å². The van der Waals surface area contributed by atoms with E-state index in [4.69, 9.17) is 16.1 Å². The van der Waals surface area contributed by atoms with Crippen LogP contribution < -0.4 is 11.2 Å². The second-order valence-electron chi connectivity index (χ2n) is 7.16. The highest BCUT2D eigenvalue weighted by Crippen LogP contribution is 2.26.